The molecule has 0 aliphatic heterocycles. The molecule has 1 saturated carbocycles. The predicted molar refractivity (Wildman–Crippen MR) is 88.9 cm³/mol. The average molecular weight is 348 g/mol. The first-order valence-electron chi connectivity index (χ1n) is 7.76. The predicted octanol–water partition coefficient (Wildman–Crippen LogP) is 2.42. The van der Waals surface area contributed by atoms with Gasteiger partial charge in [-0.15, -0.1) is 0 Å². The minimum absolute atomic E-state index is 0.0470. The standard InChI is InChI=1S/C17H20N2O4S/c1-10-3-5-12(6-4-10)16(13-7-8-13)19-17(20)14-9-15(11(2)23-14)24(18,21)22/h3-6,9,13,16H,7-8H2,1-2H3,(H,19,20)(H2,18,21,22). The Hall–Kier alpha value is -2.12. The van der Waals surface area contributed by atoms with Crippen LogP contribution in [0.2, 0.25) is 0 Å². The second kappa shape index (κ2) is 6.07. The summed E-state index contributed by atoms with van der Waals surface area (Å²) in [6.45, 7) is 3.48. The summed E-state index contributed by atoms with van der Waals surface area (Å²) in [7, 11) is -3.91. The van der Waals surface area contributed by atoms with Crippen molar-refractivity contribution in [1.29, 1.82) is 0 Å². The summed E-state index contributed by atoms with van der Waals surface area (Å²) in [4.78, 5) is 12.3. The van der Waals surface area contributed by atoms with E-state index in [1.54, 1.807) is 0 Å². The van der Waals surface area contributed by atoms with Crippen molar-refractivity contribution in [1.82, 2.24) is 5.32 Å². The maximum atomic E-state index is 12.5. The Labute approximate surface area is 141 Å². The molecule has 7 heteroatoms. The van der Waals surface area contributed by atoms with Crippen molar-refractivity contribution >= 4 is 15.9 Å². The highest BCUT2D eigenvalue weighted by atomic mass is 32.2. The van der Waals surface area contributed by atoms with Crippen molar-refractivity contribution in [3.63, 3.8) is 0 Å². The molecule has 1 atom stereocenters. The van der Waals surface area contributed by atoms with Crippen LogP contribution < -0.4 is 10.5 Å². The first kappa shape index (κ1) is 16.7. The summed E-state index contributed by atoms with van der Waals surface area (Å²) >= 11 is 0. The number of nitrogens with two attached hydrogens (primary N) is 1. The van der Waals surface area contributed by atoms with E-state index in [1.165, 1.54) is 13.0 Å². The van der Waals surface area contributed by atoms with Crippen LogP contribution in [0, 0.1) is 19.8 Å². The molecule has 0 saturated heterocycles. The second-order valence-electron chi connectivity index (χ2n) is 6.28. The zero-order valence-corrected chi connectivity index (χ0v) is 14.4. The van der Waals surface area contributed by atoms with Gasteiger partial charge < -0.3 is 9.73 Å². The maximum absolute atomic E-state index is 12.5. The summed E-state index contributed by atoms with van der Waals surface area (Å²) in [5, 5.41) is 8.07. The van der Waals surface area contributed by atoms with Gasteiger partial charge in [0, 0.05) is 6.07 Å². The molecule has 24 heavy (non-hydrogen) atoms. The average Bonchev–Trinajstić information content (AvgIpc) is 3.26. The Morgan fingerprint density at radius 3 is 2.38 bits per heavy atom. The van der Waals surface area contributed by atoms with Gasteiger partial charge in [-0.25, -0.2) is 13.6 Å². The van der Waals surface area contributed by atoms with E-state index in [0.717, 1.165) is 24.0 Å². The Kier molecular flexibility index (Phi) is 4.23. The molecule has 3 rings (SSSR count). The van der Waals surface area contributed by atoms with E-state index in [9.17, 15) is 13.2 Å². The third-order valence-corrected chi connectivity index (χ3v) is 5.24. The number of carbonyl (C=O) groups is 1. The monoisotopic (exact) mass is 348 g/mol. The van der Waals surface area contributed by atoms with Crippen LogP contribution in [0.15, 0.2) is 39.6 Å². The molecule has 6 nitrogen and oxygen atoms in total. The van der Waals surface area contributed by atoms with E-state index in [4.69, 9.17) is 9.56 Å². The van der Waals surface area contributed by atoms with E-state index in [-0.39, 0.29) is 22.5 Å². The number of benzene rings is 1. The maximum Gasteiger partial charge on any atom is 0.287 e. The molecule has 1 unspecified atom stereocenters. The summed E-state index contributed by atoms with van der Waals surface area (Å²) in [6, 6.07) is 9.09. The molecule has 0 bridgehead atoms. The zero-order valence-electron chi connectivity index (χ0n) is 13.6. The third kappa shape index (κ3) is 3.52. The quantitative estimate of drug-likeness (QED) is 0.866. The lowest BCUT2D eigenvalue weighted by atomic mass is 10.0. The number of rotatable bonds is 5. The highest BCUT2D eigenvalue weighted by Gasteiger charge is 2.34. The minimum Gasteiger partial charge on any atom is -0.455 e. The van der Waals surface area contributed by atoms with Crippen LogP contribution >= 0.6 is 0 Å². The fraction of sp³-hybridized carbons (Fsp3) is 0.353. The van der Waals surface area contributed by atoms with Crippen LogP contribution in [-0.4, -0.2) is 14.3 Å². The molecule has 1 amide bonds. The number of primary sulfonamides is 1. The van der Waals surface area contributed by atoms with Crippen molar-refractivity contribution < 1.29 is 17.6 Å². The van der Waals surface area contributed by atoms with E-state index in [1.807, 2.05) is 31.2 Å². The number of nitrogens with one attached hydrogen (secondary N) is 1. The number of aryl methyl sites for hydroxylation is 2. The molecule has 0 radical (unpaired) electrons. The van der Waals surface area contributed by atoms with Crippen molar-refractivity contribution in [3.8, 4) is 0 Å². The Morgan fingerprint density at radius 1 is 1.25 bits per heavy atom. The number of amides is 1. The molecule has 1 fully saturated rings. The van der Waals surface area contributed by atoms with Crippen LogP contribution in [0.3, 0.4) is 0 Å². The van der Waals surface area contributed by atoms with Gasteiger partial charge in [-0.1, -0.05) is 29.8 Å². The molecule has 3 N–H and O–H groups in total. The van der Waals surface area contributed by atoms with Crippen LogP contribution in [0.5, 0.6) is 0 Å². The van der Waals surface area contributed by atoms with Crippen molar-refractivity contribution in [2.24, 2.45) is 11.1 Å². The summed E-state index contributed by atoms with van der Waals surface area (Å²) < 4.78 is 28.2. The number of hydrogen-bond donors (Lipinski definition) is 2. The summed E-state index contributed by atoms with van der Waals surface area (Å²) in [6.07, 6.45) is 2.11. The summed E-state index contributed by atoms with van der Waals surface area (Å²) in [5.41, 5.74) is 2.19. The lowest BCUT2D eigenvalue weighted by Crippen LogP contribution is -2.29. The number of sulfonamides is 1. The highest BCUT2D eigenvalue weighted by Crippen LogP contribution is 2.41. The highest BCUT2D eigenvalue weighted by molar-refractivity contribution is 7.89. The molecule has 1 aliphatic rings. The molecule has 1 aromatic carbocycles. The fourth-order valence-corrected chi connectivity index (χ4v) is 3.46. The van der Waals surface area contributed by atoms with E-state index >= 15 is 0 Å². The van der Waals surface area contributed by atoms with Gasteiger partial charge in [-0.05, 0) is 38.2 Å². The lowest BCUT2D eigenvalue weighted by Gasteiger charge is -2.18. The van der Waals surface area contributed by atoms with E-state index in [2.05, 4.69) is 5.32 Å². The van der Waals surface area contributed by atoms with Gasteiger partial charge in [0.15, 0.2) is 5.76 Å². The van der Waals surface area contributed by atoms with Gasteiger partial charge in [-0.2, -0.15) is 0 Å². The van der Waals surface area contributed by atoms with E-state index in [0.29, 0.717) is 5.92 Å². The second-order valence-corrected chi connectivity index (χ2v) is 7.81. The zero-order chi connectivity index (χ0) is 17.5. The SMILES string of the molecule is Cc1ccc(C(NC(=O)c2cc(S(N)(=O)=O)c(C)o2)C2CC2)cc1. The third-order valence-electron chi connectivity index (χ3n) is 4.22. The van der Waals surface area contributed by atoms with Crippen molar-refractivity contribution in [2.45, 2.75) is 37.6 Å². The van der Waals surface area contributed by atoms with Gasteiger partial charge in [-0.3, -0.25) is 4.79 Å². The largest absolute Gasteiger partial charge is 0.455 e. The Balaban J connectivity index is 1.83. The number of hydrogen-bond acceptors (Lipinski definition) is 4. The van der Waals surface area contributed by atoms with E-state index < -0.39 is 15.9 Å². The first-order chi connectivity index (χ1) is 11.3. The molecule has 1 aliphatic carbocycles. The molecular formula is C17H20N2O4S. The molecule has 2 aromatic rings. The molecular weight excluding hydrogens is 328 g/mol. The van der Waals surface area contributed by atoms with Crippen LogP contribution in [0.25, 0.3) is 0 Å². The molecule has 0 spiro atoms. The molecule has 128 valence electrons. The molecule has 1 aromatic heterocycles. The molecule has 1 heterocycles. The Morgan fingerprint density at radius 2 is 1.88 bits per heavy atom. The number of furan rings is 1. The van der Waals surface area contributed by atoms with Gasteiger partial charge in [0.25, 0.3) is 5.91 Å². The first-order valence-corrected chi connectivity index (χ1v) is 9.31. The summed E-state index contributed by atoms with van der Waals surface area (Å²) in [5.74, 6) is 0.0196. The van der Waals surface area contributed by atoms with Crippen LogP contribution in [-0.2, 0) is 10.0 Å². The van der Waals surface area contributed by atoms with Gasteiger partial charge in [0.05, 0.1) is 6.04 Å². The number of carbonyl (C=O) groups excluding carboxylic acids is 1. The minimum atomic E-state index is -3.91. The van der Waals surface area contributed by atoms with Crippen molar-refractivity contribution in [3.05, 3.63) is 53.0 Å². The normalized spacial score (nSPS) is 16.0. The smallest absolute Gasteiger partial charge is 0.287 e. The van der Waals surface area contributed by atoms with Gasteiger partial charge in [0.1, 0.15) is 10.7 Å². The van der Waals surface area contributed by atoms with Gasteiger partial charge >= 0.3 is 0 Å². The van der Waals surface area contributed by atoms with Crippen LogP contribution in [0.4, 0.5) is 0 Å². The Bertz CT molecular complexity index is 864. The van der Waals surface area contributed by atoms with Gasteiger partial charge in [0.2, 0.25) is 10.0 Å². The van der Waals surface area contributed by atoms with Crippen LogP contribution in [0.1, 0.15) is 46.3 Å². The fourth-order valence-electron chi connectivity index (χ4n) is 2.75. The topological polar surface area (TPSA) is 102 Å². The van der Waals surface area contributed by atoms with Crippen molar-refractivity contribution in [2.75, 3.05) is 0 Å². The lowest BCUT2D eigenvalue weighted by molar-refractivity contribution is 0.0902.